The van der Waals surface area contributed by atoms with E-state index < -0.39 is 14.9 Å². The van der Waals surface area contributed by atoms with Crippen LogP contribution in [0.4, 0.5) is 11.4 Å². The molecule has 0 atom stereocenters. The molecule has 0 heterocycles. The lowest BCUT2D eigenvalue weighted by atomic mass is 10.2. The third-order valence-electron chi connectivity index (χ3n) is 2.99. The number of anilines is 1. The van der Waals surface area contributed by atoms with Crippen LogP contribution in [0.3, 0.4) is 0 Å². The van der Waals surface area contributed by atoms with Crippen molar-refractivity contribution in [1.82, 2.24) is 0 Å². The van der Waals surface area contributed by atoms with Crippen LogP contribution in [0.5, 0.6) is 0 Å². The molecule has 2 aromatic carbocycles. The summed E-state index contributed by atoms with van der Waals surface area (Å²) in [6, 6.07) is 10.6. The van der Waals surface area contributed by atoms with Crippen molar-refractivity contribution in [1.29, 1.82) is 0 Å². The van der Waals surface area contributed by atoms with E-state index in [1.54, 1.807) is 31.2 Å². The van der Waals surface area contributed by atoms with E-state index in [0.29, 0.717) is 21.8 Å². The van der Waals surface area contributed by atoms with Crippen LogP contribution in [0.2, 0.25) is 5.02 Å². The first-order chi connectivity index (χ1) is 10.3. The molecule has 0 radical (unpaired) electrons. The van der Waals surface area contributed by atoms with E-state index in [-0.39, 0.29) is 11.4 Å². The molecule has 6 nitrogen and oxygen atoms in total. The highest BCUT2D eigenvalue weighted by atomic mass is 35.5. The van der Waals surface area contributed by atoms with Gasteiger partial charge in [-0.3, -0.25) is 14.8 Å². The van der Waals surface area contributed by atoms with Crippen LogP contribution in [0.1, 0.15) is 11.1 Å². The molecule has 0 unspecified atom stereocenters. The number of benzene rings is 2. The average Bonchev–Trinajstić information content (AvgIpc) is 2.43. The number of aryl methyl sites for hydroxylation is 1. The number of rotatable bonds is 5. The fraction of sp³-hybridized carbons (Fsp3) is 0.143. The van der Waals surface area contributed by atoms with E-state index in [1.165, 1.54) is 18.2 Å². The highest BCUT2D eigenvalue weighted by Crippen LogP contribution is 2.24. The molecule has 0 saturated carbocycles. The van der Waals surface area contributed by atoms with Crippen LogP contribution < -0.4 is 4.72 Å². The van der Waals surface area contributed by atoms with Crippen molar-refractivity contribution in [3.8, 4) is 0 Å². The first-order valence-electron chi connectivity index (χ1n) is 6.27. The molecule has 0 aliphatic heterocycles. The zero-order valence-electron chi connectivity index (χ0n) is 11.6. The van der Waals surface area contributed by atoms with Crippen molar-refractivity contribution in [3.05, 3.63) is 68.7 Å². The quantitative estimate of drug-likeness (QED) is 0.666. The molecule has 0 aliphatic rings. The zero-order chi connectivity index (χ0) is 16.3. The Labute approximate surface area is 132 Å². The normalized spacial score (nSPS) is 11.2. The summed E-state index contributed by atoms with van der Waals surface area (Å²) in [5.41, 5.74) is 1.16. The Morgan fingerprint density at radius 2 is 1.91 bits per heavy atom. The van der Waals surface area contributed by atoms with E-state index in [2.05, 4.69) is 4.72 Å². The predicted octanol–water partition coefficient (Wildman–Crippen LogP) is 3.50. The molecule has 1 N–H and O–H groups in total. The van der Waals surface area contributed by atoms with Gasteiger partial charge in [0, 0.05) is 17.2 Å². The van der Waals surface area contributed by atoms with Crippen molar-refractivity contribution in [2.45, 2.75) is 12.7 Å². The number of hydrogen-bond acceptors (Lipinski definition) is 4. The van der Waals surface area contributed by atoms with Gasteiger partial charge in [0.05, 0.1) is 16.4 Å². The van der Waals surface area contributed by atoms with Crippen molar-refractivity contribution < 1.29 is 13.3 Å². The Kier molecular flexibility index (Phi) is 4.68. The van der Waals surface area contributed by atoms with Gasteiger partial charge in [0.25, 0.3) is 5.69 Å². The monoisotopic (exact) mass is 340 g/mol. The third-order valence-corrected chi connectivity index (χ3v) is 4.58. The van der Waals surface area contributed by atoms with E-state index >= 15 is 0 Å². The maximum Gasteiger partial charge on any atom is 0.269 e. The maximum atomic E-state index is 12.2. The highest BCUT2D eigenvalue weighted by molar-refractivity contribution is 7.91. The number of sulfonamides is 1. The number of non-ortho nitro benzene ring substituents is 1. The number of nitrogens with one attached hydrogen (secondary N) is 1. The largest absolute Gasteiger partial charge is 0.283 e. The average molecular weight is 341 g/mol. The summed E-state index contributed by atoms with van der Waals surface area (Å²) in [6.07, 6.45) is 0. The van der Waals surface area contributed by atoms with E-state index in [0.717, 1.165) is 0 Å². The summed E-state index contributed by atoms with van der Waals surface area (Å²) in [6.45, 7) is 1.60. The number of nitro groups is 1. The number of halogens is 1. The van der Waals surface area contributed by atoms with Crippen molar-refractivity contribution in [2.24, 2.45) is 0 Å². The van der Waals surface area contributed by atoms with Gasteiger partial charge >= 0.3 is 0 Å². The van der Waals surface area contributed by atoms with Gasteiger partial charge in [-0.15, -0.1) is 0 Å². The summed E-state index contributed by atoms with van der Waals surface area (Å²) in [4.78, 5) is 10.1. The molecular weight excluding hydrogens is 328 g/mol. The number of nitrogens with zero attached hydrogens (tertiary/aromatic N) is 1. The maximum absolute atomic E-state index is 12.2. The molecule has 0 amide bonds. The van der Waals surface area contributed by atoms with E-state index in [1.807, 2.05) is 0 Å². The van der Waals surface area contributed by atoms with Crippen LogP contribution in [0.25, 0.3) is 0 Å². The van der Waals surface area contributed by atoms with E-state index in [4.69, 9.17) is 11.6 Å². The summed E-state index contributed by atoms with van der Waals surface area (Å²) >= 11 is 5.95. The Balaban J connectivity index is 2.22. The zero-order valence-corrected chi connectivity index (χ0v) is 13.2. The molecule has 8 heteroatoms. The Morgan fingerprint density at radius 3 is 2.50 bits per heavy atom. The first kappa shape index (κ1) is 16.3. The van der Waals surface area contributed by atoms with Gasteiger partial charge in [-0.05, 0) is 30.2 Å². The van der Waals surface area contributed by atoms with Crippen molar-refractivity contribution in [2.75, 3.05) is 4.72 Å². The SMILES string of the molecule is Cc1cc([N+](=O)[O-])ccc1NS(=O)(=O)Cc1ccccc1Cl. The summed E-state index contributed by atoms with van der Waals surface area (Å²) in [5, 5.41) is 11.0. The lowest BCUT2D eigenvalue weighted by molar-refractivity contribution is -0.384. The second-order valence-corrected chi connectivity index (χ2v) is 6.84. The molecule has 0 aromatic heterocycles. The van der Waals surface area contributed by atoms with Crippen LogP contribution >= 0.6 is 11.6 Å². The standard InChI is InChI=1S/C14H13ClN2O4S/c1-10-8-12(17(18)19)6-7-14(10)16-22(20,21)9-11-4-2-3-5-13(11)15/h2-8,16H,9H2,1H3. The van der Waals surface area contributed by atoms with Gasteiger partial charge in [0.2, 0.25) is 10.0 Å². The van der Waals surface area contributed by atoms with Gasteiger partial charge in [-0.1, -0.05) is 29.8 Å². The second-order valence-electron chi connectivity index (χ2n) is 4.71. The first-order valence-corrected chi connectivity index (χ1v) is 8.30. The summed E-state index contributed by atoms with van der Waals surface area (Å²) < 4.78 is 26.8. The molecule has 0 aliphatic carbocycles. The molecule has 0 spiro atoms. The molecule has 22 heavy (non-hydrogen) atoms. The minimum absolute atomic E-state index is 0.0912. The van der Waals surface area contributed by atoms with Gasteiger partial charge in [-0.25, -0.2) is 8.42 Å². The van der Waals surface area contributed by atoms with Gasteiger partial charge in [0.15, 0.2) is 0 Å². The third kappa shape index (κ3) is 3.96. The van der Waals surface area contributed by atoms with Gasteiger partial charge in [0.1, 0.15) is 0 Å². The number of hydrogen-bond donors (Lipinski definition) is 1. The van der Waals surface area contributed by atoms with Crippen LogP contribution in [0, 0.1) is 17.0 Å². The minimum Gasteiger partial charge on any atom is -0.283 e. The van der Waals surface area contributed by atoms with Crippen LogP contribution in [0.15, 0.2) is 42.5 Å². The molecule has 116 valence electrons. The fourth-order valence-electron chi connectivity index (χ4n) is 1.90. The highest BCUT2D eigenvalue weighted by Gasteiger charge is 2.16. The second kappa shape index (κ2) is 6.33. The Bertz CT molecular complexity index is 821. The van der Waals surface area contributed by atoms with Crippen molar-refractivity contribution >= 4 is 33.0 Å². The molecular formula is C14H13ClN2O4S. The lowest BCUT2D eigenvalue weighted by Gasteiger charge is -2.11. The van der Waals surface area contributed by atoms with Crippen molar-refractivity contribution in [3.63, 3.8) is 0 Å². The molecule has 2 aromatic rings. The van der Waals surface area contributed by atoms with Crippen LogP contribution in [-0.2, 0) is 15.8 Å². The predicted molar refractivity (Wildman–Crippen MR) is 85.5 cm³/mol. The topological polar surface area (TPSA) is 89.3 Å². The van der Waals surface area contributed by atoms with Crippen LogP contribution in [-0.4, -0.2) is 13.3 Å². The van der Waals surface area contributed by atoms with Gasteiger partial charge in [-0.2, -0.15) is 0 Å². The summed E-state index contributed by atoms with van der Waals surface area (Å²) in [7, 11) is -3.67. The Hall–Kier alpha value is -2.12. The molecule has 0 fully saturated rings. The smallest absolute Gasteiger partial charge is 0.269 e. The van der Waals surface area contributed by atoms with Gasteiger partial charge < -0.3 is 0 Å². The summed E-state index contributed by atoms with van der Waals surface area (Å²) in [5.74, 6) is -0.275. The van der Waals surface area contributed by atoms with E-state index in [9.17, 15) is 18.5 Å². The molecule has 0 bridgehead atoms. The molecule has 0 saturated heterocycles. The minimum atomic E-state index is -3.67. The molecule has 2 rings (SSSR count). The Morgan fingerprint density at radius 1 is 1.23 bits per heavy atom. The number of nitro benzene ring substituents is 1. The fourth-order valence-corrected chi connectivity index (χ4v) is 3.48. The lowest BCUT2D eigenvalue weighted by Crippen LogP contribution is -2.16.